The lowest BCUT2D eigenvalue weighted by atomic mass is 9.82. The first-order valence-electron chi connectivity index (χ1n) is 17.7. The molecule has 270 valence electrons. The zero-order valence-corrected chi connectivity index (χ0v) is 30.6. The Labute approximate surface area is 305 Å². The Kier molecular flexibility index (Phi) is 11.1. The van der Waals surface area contributed by atoms with Crippen LogP contribution in [0, 0.1) is 0 Å². The molecule has 0 heterocycles. The molecule has 52 heavy (non-hydrogen) atoms. The maximum absolute atomic E-state index is 13.8. The Hall–Kier alpha value is -5.36. The first kappa shape index (κ1) is 36.4. The van der Waals surface area contributed by atoms with Crippen molar-refractivity contribution in [1.29, 1.82) is 0 Å². The van der Waals surface area contributed by atoms with Crippen molar-refractivity contribution in [3.63, 3.8) is 0 Å². The fourth-order valence-corrected chi connectivity index (χ4v) is 6.78. The van der Waals surface area contributed by atoms with E-state index in [1.54, 1.807) is 36.4 Å². The molecule has 0 radical (unpaired) electrons. The van der Waals surface area contributed by atoms with Crippen molar-refractivity contribution in [1.82, 2.24) is 14.7 Å². The third-order valence-corrected chi connectivity index (χ3v) is 9.51. The highest BCUT2D eigenvalue weighted by molar-refractivity contribution is 6.32. The molecule has 4 aromatic rings. The SMILES string of the molecule is CN(C)CCNc1cccc2c1C(=O)c1cccc(NCCN(C)CCNc3cccc4c3C(=O)c3cccc(NCCN(C)C)c3C4=O)c1C2=O. The van der Waals surface area contributed by atoms with Gasteiger partial charge in [0, 0.05) is 97.4 Å². The number of fused-ring (bicyclic) bond motifs is 4. The van der Waals surface area contributed by atoms with Crippen molar-refractivity contribution in [3.05, 3.63) is 117 Å². The van der Waals surface area contributed by atoms with Crippen molar-refractivity contribution in [2.75, 3.05) is 109 Å². The van der Waals surface area contributed by atoms with Gasteiger partial charge >= 0.3 is 0 Å². The Balaban J connectivity index is 1.06. The zero-order chi connectivity index (χ0) is 36.9. The lowest BCUT2D eigenvalue weighted by Gasteiger charge is -2.25. The second kappa shape index (κ2) is 15.9. The van der Waals surface area contributed by atoms with E-state index in [1.165, 1.54) is 0 Å². The number of likely N-dealkylation sites (N-methyl/N-ethyl adjacent to an activating group) is 3. The number of rotatable bonds is 16. The molecule has 0 spiro atoms. The van der Waals surface area contributed by atoms with Gasteiger partial charge < -0.3 is 36.0 Å². The van der Waals surface area contributed by atoms with E-state index in [9.17, 15) is 19.2 Å². The van der Waals surface area contributed by atoms with E-state index < -0.39 is 0 Å². The van der Waals surface area contributed by atoms with Gasteiger partial charge in [-0.05, 0) is 59.5 Å². The molecule has 11 nitrogen and oxygen atoms in total. The van der Waals surface area contributed by atoms with Crippen LogP contribution < -0.4 is 21.3 Å². The standard InChI is InChI=1S/C41H47N7O4/c1-46(2)22-18-42-30-14-6-10-26-34(30)38(49)28-12-8-16-32(36(28)40(26)51)44-20-24-48(5)25-21-45-33-17-9-13-29-37(33)41(52)27-11-7-15-31(35(27)39(29)50)43-19-23-47(3)4/h6-17,42-45H,18-25H2,1-5H3. The summed E-state index contributed by atoms with van der Waals surface area (Å²) in [5.74, 6) is -0.651. The number of hydrogen-bond donors (Lipinski definition) is 4. The number of nitrogens with zero attached hydrogens (tertiary/aromatic N) is 3. The van der Waals surface area contributed by atoms with Gasteiger partial charge in [-0.3, -0.25) is 19.2 Å². The van der Waals surface area contributed by atoms with Gasteiger partial charge in [0.25, 0.3) is 0 Å². The van der Waals surface area contributed by atoms with E-state index in [1.807, 2.05) is 71.6 Å². The monoisotopic (exact) mass is 701 g/mol. The minimum absolute atomic E-state index is 0.159. The Morgan fingerprint density at radius 2 is 0.635 bits per heavy atom. The first-order valence-corrected chi connectivity index (χ1v) is 17.7. The molecule has 6 rings (SSSR count). The van der Waals surface area contributed by atoms with E-state index in [4.69, 9.17) is 0 Å². The number of hydrogen-bond acceptors (Lipinski definition) is 11. The molecule has 2 aliphatic carbocycles. The molecule has 0 saturated heterocycles. The van der Waals surface area contributed by atoms with Crippen LogP contribution in [0.15, 0.2) is 72.8 Å². The summed E-state index contributed by atoms with van der Waals surface area (Å²) < 4.78 is 0. The topological polar surface area (TPSA) is 126 Å². The lowest BCUT2D eigenvalue weighted by Crippen LogP contribution is -2.31. The van der Waals surface area contributed by atoms with Gasteiger partial charge in [0.15, 0.2) is 23.1 Å². The van der Waals surface area contributed by atoms with Crippen molar-refractivity contribution in [2.24, 2.45) is 0 Å². The third kappa shape index (κ3) is 7.48. The quantitative estimate of drug-likeness (QED) is 0.113. The van der Waals surface area contributed by atoms with E-state index >= 15 is 0 Å². The van der Waals surface area contributed by atoms with Gasteiger partial charge in [-0.1, -0.05) is 48.5 Å². The van der Waals surface area contributed by atoms with Crippen LogP contribution in [0.25, 0.3) is 0 Å². The third-order valence-electron chi connectivity index (χ3n) is 9.51. The number of anilines is 4. The highest BCUT2D eigenvalue weighted by Crippen LogP contribution is 2.37. The summed E-state index contributed by atoms with van der Waals surface area (Å²) in [7, 11) is 9.94. The van der Waals surface area contributed by atoms with E-state index in [0.717, 1.165) is 13.1 Å². The summed E-state index contributed by atoms with van der Waals surface area (Å²) in [4.78, 5) is 61.2. The van der Waals surface area contributed by atoms with Gasteiger partial charge in [0.2, 0.25) is 0 Å². The minimum atomic E-state index is -0.167. The second-order valence-electron chi connectivity index (χ2n) is 13.8. The van der Waals surface area contributed by atoms with Gasteiger partial charge in [0.05, 0.1) is 22.3 Å². The molecule has 0 saturated carbocycles. The van der Waals surface area contributed by atoms with Crippen molar-refractivity contribution >= 4 is 45.9 Å². The van der Waals surface area contributed by atoms with Crippen LogP contribution in [0.2, 0.25) is 0 Å². The normalized spacial score (nSPS) is 13.2. The summed E-state index contributed by atoms with van der Waals surface area (Å²) >= 11 is 0. The molecule has 0 unspecified atom stereocenters. The molecule has 0 aliphatic heterocycles. The maximum Gasteiger partial charge on any atom is 0.196 e. The second-order valence-corrected chi connectivity index (χ2v) is 13.8. The number of benzene rings is 4. The van der Waals surface area contributed by atoms with Gasteiger partial charge in [-0.15, -0.1) is 0 Å². The van der Waals surface area contributed by atoms with Crippen LogP contribution >= 0.6 is 0 Å². The fourth-order valence-electron chi connectivity index (χ4n) is 6.78. The summed E-state index contributed by atoms with van der Waals surface area (Å²) in [5, 5.41) is 13.4. The average Bonchev–Trinajstić information content (AvgIpc) is 3.12. The molecule has 11 heteroatoms. The van der Waals surface area contributed by atoms with Crippen LogP contribution in [0.4, 0.5) is 22.7 Å². The van der Waals surface area contributed by atoms with Crippen molar-refractivity contribution < 1.29 is 19.2 Å². The van der Waals surface area contributed by atoms with Crippen LogP contribution in [0.3, 0.4) is 0 Å². The van der Waals surface area contributed by atoms with Crippen LogP contribution in [-0.4, -0.2) is 125 Å². The highest BCUT2D eigenvalue weighted by atomic mass is 16.1. The molecular formula is C41H47N7O4. The fraction of sp³-hybridized carbons (Fsp3) is 0.317. The Morgan fingerprint density at radius 1 is 0.385 bits per heavy atom. The Bertz CT molecular complexity index is 1880. The molecule has 0 fully saturated rings. The van der Waals surface area contributed by atoms with E-state index in [0.29, 0.717) is 107 Å². The molecule has 2 aliphatic rings. The highest BCUT2D eigenvalue weighted by Gasteiger charge is 2.35. The number of ketones is 4. The van der Waals surface area contributed by atoms with Crippen LogP contribution in [-0.2, 0) is 0 Å². The molecule has 4 aromatic carbocycles. The summed E-state index contributed by atoms with van der Waals surface area (Å²) in [6, 6.07) is 21.5. The number of carbonyl (C=O) groups excluding carboxylic acids is 4. The minimum Gasteiger partial charge on any atom is -0.383 e. The predicted octanol–water partition coefficient (Wildman–Crippen LogP) is 4.64. The molecule has 0 atom stereocenters. The van der Waals surface area contributed by atoms with Crippen molar-refractivity contribution in [3.8, 4) is 0 Å². The molecule has 0 bridgehead atoms. The summed E-state index contributed by atoms with van der Waals surface area (Å²) in [6.07, 6.45) is 0. The van der Waals surface area contributed by atoms with E-state index in [2.05, 4.69) is 36.0 Å². The van der Waals surface area contributed by atoms with Gasteiger partial charge in [0.1, 0.15) is 0 Å². The molecule has 0 amide bonds. The average molecular weight is 702 g/mol. The summed E-state index contributed by atoms with van der Waals surface area (Å²) in [5.41, 5.74) is 5.90. The first-order chi connectivity index (χ1) is 25.1. The van der Waals surface area contributed by atoms with Crippen molar-refractivity contribution in [2.45, 2.75) is 0 Å². The lowest BCUT2D eigenvalue weighted by molar-refractivity contribution is 0.0980. The number of nitrogens with one attached hydrogen (secondary N) is 4. The predicted molar refractivity (Wildman–Crippen MR) is 208 cm³/mol. The van der Waals surface area contributed by atoms with Crippen LogP contribution in [0.1, 0.15) is 63.7 Å². The van der Waals surface area contributed by atoms with Gasteiger partial charge in [-0.25, -0.2) is 0 Å². The smallest absolute Gasteiger partial charge is 0.196 e. The molecular weight excluding hydrogens is 654 g/mol. The zero-order valence-electron chi connectivity index (χ0n) is 30.6. The van der Waals surface area contributed by atoms with Crippen LogP contribution in [0.5, 0.6) is 0 Å². The Morgan fingerprint density at radius 3 is 0.885 bits per heavy atom. The molecule has 0 aromatic heterocycles. The van der Waals surface area contributed by atoms with E-state index in [-0.39, 0.29) is 23.1 Å². The number of carbonyl (C=O) groups is 4. The largest absolute Gasteiger partial charge is 0.383 e. The molecule has 4 N–H and O–H groups in total. The summed E-state index contributed by atoms with van der Waals surface area (Å²) in [6.45, 7) is 5.29. The van der Waals surface area contributed by atoms with Gasteiger partial charge in [-0.2, -0.15) is 0 Å². The maximum atomic E-state index is 13.8.